The van der Waals surface area contributed by atoms with Crippen LogP contribution in [-0.4, -0.2) is 110 Å². The average Bonchev–Trinajstić information content (AvgIpc) is 3.26. The van der Waals surface area contributed by atoms with Crippen molar-refractivity contribution in [2.45, 2.75) is 230 Å². The van der Waals surface area contributed by atoms with Gasteiger partial charge in [-0.1, -0.05) is 159 Å². The van der Waals surface area contributed by atoms with Crippen LogP contribution in [0.2, 0.25) is 0 Å². The van der Waals surface area contributed by atoms with E-state index >= 15 is 0 Å². The average molecular weight is 917 g/mol. The lowest BCUT2D eigenvalue weighted by Crippen LogP contribution is -2.64. The second kappa shape index (κ2) is 37.9. The Labute approximate surface area is 378 Å². The van der Waals surface area contributed by atoms with E-state index in [1.807, 2.05) is 19.1 Å². The van der Waals surface area contributed by atoms with E-state index in [2.05, 4.69) is 43.4 Å². The summed E-state index contributed by atoms with van der Waals surface area (Å²) in [5.41, 5.74) is 0. The smallest absolute Gasteiger partial charge is 0.462 e. The van der Waals surface area contributed by atoms with Gasteiger partial charge in [-0.15, -0.1) is 0 Å². The Morgan fingerprint density at radius 3 is 1.48 bits per heavy atom. The zero-order valence-electron chi connectivity index (χ0n) is 38.5. The summed E-state index contributed by atoms with van der Waals surface area (Å²) in [6.07, 6.45) is 28.2. The van der Waals surface area contributed by atoms with E-state index in [-0.39, 0.29) is 18.9 Å². The summed E-state index contributed by atoms with van der Waals surface area (Å²) in [6, 6.07) is 0. The zero-order chi connectivity index (χ0) is 46.6. The number of esters is 2. The molecular weight excluding hydrogens is 831 g/mol. The van der Waals surface area contributed by atoms with Crippen molar-refractivity contribution < 1.29 is 68.2 Å². The Bertz CT molecular complexity index is 1310. The van der Waals surface area contributed by atoms with Gasteiger partial charge in [0.25, 0.3) is 0 Å². The lowest BCUT2D eigenvalue weighted by molar-refractivity contribution is -0.220. The quantitative estimate of drug-likeness (QED) is 0.0133. The maximum atomic E-state index is 12.8. The van der Waals surface area contributed by atoms with Gasteiger partial charge in [0.05, 0.1) is 12.7 Å². The number of hydrogen-bond donors (Lipinski definition) is 7. The van der Waals surface area contributed by atoms with Crippen molar-refractivity contribution >= 4 is 19.8 Å². The highest BCUT2D eigenvalue weighted by Crippen LogP contribution is 2.47. The molecular formula is C48H85O14P. The summed E-state index contributed by atoms with van der Waals surface area (Å²) >= 11 is 0. The Kier molecular flexibility index (Phi) is 35.4. The SMILES string of the molecule is CCCCCCCCCCCCCCCCCCC(=O)OCC(COP(=O)(O)OC1C(O)C(O)C(O)C(O)C1O)OC(=O)CCC/C=C\C/C=C\C/C=C\C/C=C\CCC(O)CC. The minimum Gasteiger partial charge on any atom is -0.462 e. The van der Waals surface area contributed by atoms with Crippen molar-refractivity contribution in [2.24, 2.45) is 0 Å². The third kappa shape index (κ3) is 30.6. The molecule has 0 heterocycles. The predicted molar refractivity (Wildman–Crippen MR) is 245 cm³/mol. The largest absolute Gasteiger partial charge is 0.472 e. The Morgan fingerprint density at radius 2 is 0.984 bits per heavy atom. The number of allylic oxidation sites excluding steroid dienone is 8. The van der Waals surface area contributed by atoms with E-state index in [9.17, 15) is 49.7 Å². The highest BCUT2D eigenvalue weighted by molar-refractivity contribution is 7.47. The van der Waals surface area contributed by atoms with Crippen LogP contribution in [0.15, 0.2) is 48.6 Å². The maximum absolute atomic E-state index is 12.8. The van der Waals surface area contributed by atoms with Gasteiger partial charge in [-0.05, 0) is 57.8 Å². The highest BCUT2D eigenvalue weighted by Gasteiger charge is 2.51. The number of carbonyl (C=O) groups is 2. The van der Waals surface area contributed by atoms with Crippen LogP contribution in [0.3, 0.4) is 0 Å². The van der Waals surface area contributed by atoms with Crippen LogP contribution < -0.4 is 0 Å². The standard InChI is InChI=1S/C48H85O14P/c1-3-5-6-7-8-9-10-11-12-13-17-20-23-26-29-32-35-41(50)59-37-40(38-60-63(57,58)62-48-46(55)44(53)43(52)45(54)47(48)56)61-42(51)36-33-30-27-24-21-18-15-14-16-19-22-25-28-31-34-39(49)4-2/h15-16,18-19,24-25,27-28,39-40,43-49,52-56H,3-14,17,20-23,26,29-38H2,1-2H3,(H,57,58)/b18-15-,19-16-,27-24-,28-25-. The van der Waals surface area contributed by atoms with Crippen molar-refractivity contribution in [2.75, 3.05) is 13.2 Å². The van der Waals surface area contributed by atoms with Crippen LogP contribution in [0.4, 0.5) is 0 Å². The molecule has 0 aromatic heterocycles. The molecule has 0 saturated heterocycles. The van der Waals surface area contributed by atoms with Gasteiger partial charge >= 0.3 is 19.8 Å². The van der Waals surface area contributed by atoms with Gasteiger partial charge in [-0.3, -0.25) is 18.6 Å². The number of phosphoric acid groups is 1. The topological polar surface area (TPSA) is 230 Å². The minimum atomic E-state index is -5.14. The first-order valence-corrected chi connectivity index (χ1v) is 25.5. The zero-order valence-corrected chi connectivity index (χ0v) is 39.4. The fourth-order valence-electron chi connectivity index (χ4n) is 7.03. The monoisotopic (exact) mass is 917 g/mol. The van der Waals surface area contributed by atoms with Crippen molar-refractivity contribution in [3.63, 3.8) is 0 Å². The molecule has 1 rings (SSSR count). The minimum absolute atomic E-state index is 0.00803. The van der Waals surface area contributed by atoms with Gasteiger partial charge in [0, 0.05) is 12.8 Å². The molecule has 0 bridgehead atoms. The molecule has 1 fully saturated rings. The summed E-state index contributed by atoms with van der Waals surface area (Å²) in [7, 11) is -5.14. The first-order chi connectivity index (χ1) is 30.3. The molecule has 7 N–H and O–H groups in total. The molecule has 0 radical (unpaired) electrons. The fraction of sp³-hybridized carbons (Fsp3) is 0.792. The first kappa shape index (κ1) is 58.8. The summed E-state index contributed by atoms with van der Waals surface area (Å²) in [6.45, 7) is 2.98. The summed E-state index contributed by atoms with van der Waals surface area (Å²) in [5.74, 6) is -1.18. The molecule has 1 aliphatic rings. The molecule has 0 aliphatic heterocycles. The van der Waals surface area contributed by atoms with Crippen molar-refractivity contribution in [1.29, 1.82) is 0 Å². The third-order valence-electron chi connectivity index (χ3n) is 11.1. The molecule has 14 nitrogen and oxygen atoms in total. The molecule has 1 saturated carbocycles. The van der Waals surface area contributed by atoms with E-state index in [0.29, 0.717) is 19.3 Å². The number of carbonyl (C=O) groups excluding carboxylic acids is 2. The lowest BCUT2D eigenvalue weighted by atomic mass is 9.85. The molecule has 15 heteroatoms. The molecule has 0 amide bonds. The molecule has 7 unspecified atom stereocenters. The van der Waals surface area contributed by atoms with Crippen LogP contribution in [0.1, 0.15) is 181 Å². The number of aliphatic hydroxyl groups is 6. The van der Waals surface area contributed by atoms with Crippen LogP contribution in [-0.2, 0) is 32.7 Å². The van der Waals surface area contributed by atoms with Crippen molar-refractivity contribution in [3.8, 4) is 0 Å². The molecule has 63 heavy (non-hydrogen) atoms. The highest BCUT2D eigenvalue weighted by atomic mass is 31.2. The summed E-state index contributed by atoms with van der Waals surface area (Å²) in [4.78, 5) is 35.7. The number of unbranched alkanes of at least 4 members (excludes halogenated alkanes) is 16. The van der Waals surface area contributed by atoms with Crippen LogP contribution in [0.25, 0.3) is 0 Å². The molecule has 0 aromatic carbocycles. The van der Waals surface area contributed by atoms with Gasteiger partial charge < -0.3 is 45.0 Å². The van der Waals surface area contributed by atoms with Gasteiger partial charge in [-0.2, -0.15) is 0 Å². The van der Waals surface area contributed by atoms with Crippen LogP contribution in [0, 0.1) is 0 Å². The van der Waals surface area contributed by atoms with E-state index < -0.39 is 75.7 Å². The number of ether oxygens (including phenoxy) is 2. The van der Waals surface area contributed by atoms with Crippen LogP contribution >= 0.6 is 7.82 Å². The Hall–Kier alpha value is -2.23. The molecule has 1 aliphatic carbocycles. The first-order valence-electron chi connectivity index (χ1n) is 24.0. The van der Waals surface area contributed by atoms with Crippen molar-refractivity contribution in [1.82, 2.24) is 0 Å². The fourth-order valence-corrected chi connectivity index (χ4v) is 8.00. The summed E-state index contributed by atoms with van der Waals surface area (Å²) < 4.78 is 33.5. The van der Waals surface area contributed by atoms with Gasteiger partial charge in [0.15, 0.2) is 6.10 Å². The normalized spacial score (nSPS) is 22.6. The number of rotatable bonds is 39. The van der Waals surface area contributed by atoms with E-state index in [0.717, 1.165) is 57.8 Å². The van der Waals surface area contributed by atoms with Gasteiger partial charge in [0.1, 0.15) is 43.2 Å². The molecule has 366 valence electrons. The van der Waals surface area contributed by atoms with Gasteiger partial charge in [0.2, 0.25) is 0 Å². The summed E-state index contributed by atoms with van der Waals surface area (Å²) in [5, 5.41) is 59.7. The predicted octanol–water partition coefficient (Wildman–Crippen LogP) is 8.53. The van der Waals surface area contributed by atoms with E-state index in [1.54, 1.807) is 0 Å². The number of hydrogen-bond acceptors (Lipinski definition) is 13. The second-order valence-electron chi connectivity index (χ2n) is 16.8. The molecule has 7 atom stereocenters. The molecule has 0 aromatic rings. The second-order valence-corrected chi connectivity index (χ2v) is 18.2. The maximum Gasteiger partial charge on any atom is 0.472 e. The van der Waals surface area contributed by atoms with E-state index in [1.165, 1.54) is 77.0 Å². The van der Waals surface area contributed by atoms with E-state index in [4.69, 9.17) is 18.5 Å². The number of phosphoric ester groups is 1. The van der Waals surface area contributed by atoms with Crippen LogP contribution in [0.5, 0.6) is 0 Å². The Balaban J connectivity index is 2.49. The lowest BCUT2D eigenvalue weighted by Gasteiger charge is -2.41. The number of aliphatic hydroxyl groups excluding tert-OH is 6. The van der Waals surface area contributed by atoms with Gasteiger partial charge in [-0.25, -0.2) is 4.57 Å². The van der Waals surface area contributed by atoms with Crippen molar-refractivity contribution in [3.05, 3.63) is 48.6 Å². The third-order valence-corrected chi connectivity index (χ3v) is 12.1. The molecule has 0 spiro atoms. The Morgan fingerprint density at radius 1 is 0.556 bits per heavy atom.